The van der Waals surface area contributed by atoms with E-state index in [9.17, 15) is 4.79 Å². The molecule has 0 aliphatic heterocycles. The van der Waals surface area contributed by atoms with Crippen molar-refractivity contribution in [3.63, 3.8) is 0 Å². The molecule has 1 atom stereocenters. The molecule has 0 spiro atoms. The summed E-state index contributed by atoms with van der Waals surface area (Å²) in [6, 6.07) is 0.325. The normalized spacial score (nSPS) is 13.6. The fraction of sp³-hybridized carbons (Fsp3) is 0.750. The van der Waals surface area contributed by atoms with Crippen molar-refractivity contribution in [1.82, 2.24) is 4.90 Å². The van der Waals surface area contributed by atoms with Crippen LogP contribution in [-0.2, 0) is 4.74 Å². The Morgan fingerprint density at radius 2 is 1.60 bits per heavy atom. The lowest BCUT2D eigenvalue weighted by Crippen LogP contribution is -2.43. The molecule has 1 unspecified atom stereocenters. The summed E-state index contributed by atoms with van der Waals surface area (Å²) in [6.45, 7) is 11.7. The van der Waals surface area contributed by atoms with Crippen molar-refractivity contribution < 1.29 is 9.53 Å². The zero-order valence-electron chi connectivity index (χ0n) is 10.7. The highest BCUT2D eigenvalue weighted by molar-refractivity contribution is 5.68. The molecule has 1 amide bonds. The first-order valence-electron chi connectivity index (χ1n) is 5.51. The van der Waals surface area contributed by atoms with E-state index in [-0.39, 0.29) is 24.3 Å². The first-order chi connectivity index (χ1) is 6.90. The third-order valence-electron chi connectivity index (χ3n) is 2.07. The molecule has 15 heavy (non-hydrogen) atoms. The number of hydrogen-bond acceptors (Lipinski definition) is 2. The molecule has 0 fully saturated rings. The first-order valence-corrected chi connectivity index (χ1v) is 5.51. The highest BCUT2D eigenvalue weighted by atomic mass is 16.6. The van der Waals surface area contributed by atoms with Crippen LogP contribution in [0, 0.1) is 0 Å². The molecule has 0 aliphatic rings. The lowest BCUT2D eigenvalue weighted by atomic mass is 10.2. The predicted molar refractivity (Wildman–Crippen MR) is 62.9 cm³/mol. The second-order valence-electron chi connectivity index (χ2n) is 4.21. The molecule has 0 heterocycles. The van der Waals surface area contributed by atoms with Crippen LogP contribution in [0.5, 0.6) is 0 Å². The zero-order valence-corrected chi connectivity index (χ0v) is 10.7. The van der Waals surface area contributed by atoms with Gasteiger partial charge in [-0.3, -0.25) is 0 Å². The Morgan fingerprint density at radius 1 is 1.13 bits per heavy atom. The topological polar surface area (TPSA) is 29.5 Å². The average Bonchev–Trinajstić information content (AvgIpc) is 2.01. The second kappa shape index (κ2) is 6.49. The second-order valence-corrected chi connectivity index (χ2v) is 4.21. The van der Waals surface area contributed by atoms with Gasteiger partial charge in [0.15, 0.2) is 0 Å². The van der Waals surface area contributed by atoms with Gasteiger partial charge in [-0.15, -0.1) is 0 Å². The molecule has 0 saturated heterocycles. The first kappa shape index (κ1) is 14.0. The van der Waals surface area contributed by atoms with Crippen molar-refractivity contribution in [3.05, 3.63) is 12.2 Å². The van der Waals surface area contributed by atoms with E-state index in [0.717, 1.165) is 0 Å². The van der Waals surface area contributed by atoms with Crippen molar-refractivity contribution in [2.75, 3.05) is 0 Å². The minimum atomic E-state index is -0.245. The molecule has 0 aromatic rings. The number of ether oxygens (including phenoxy) is 1. The summed E-state index contributed by atoms with van der Waals surface area (Å²) < 4.78 is 5.28. The Kier molecular flexibility index (Phi) is 6.06. The van der Waals surface area contributed by atoms with Gasteiger partial charge in [-0.25, -0.2) is 4.79 Å². The number of nitrogens with zero attached hydrogens (tertiary/aromatic N) is 1. The Morgan fingerprint density at radius 3 is 1.93 bits per heavy atom. The van der Waals surface area contributed by atoms with Crippen LogP contribution in [0.15, 0.2) is 12.2 Å². The SMILES string of the molecule is C/C=C/C(C)OC(=O)N(C(C)C)C(C)C. The Bertz CT molecular complexity index is 214. The Labute approximate surface area is 93.1 Å². The summed E-state index contributed by atoms with van der Waals surface area (Å²) >= 11 is 0. The van der Waals surface area contributed by atoms with E-state index < -0.39 is 0 Å². The number of rotatable bonds is 4. The zero-order chi connectivity index (χ0) is 12.0. The smallest absolute Gasteiger partial charge is 0.410 e. The minimum absolute atomic E-state index is 0.162. The maximum absolute atomic E-state index is 11.8. The molecular formula is C12H23NO2. The lowest BCUT2D eigenvalue weighted by molar-refractivity contribution is 0.0653. The molecule has 0 N–H and O–H groups in total. The predicted octanol–water partition coefficient (Wildman–Crippen LogP) is 3.21. The van der Waals surface area contributed by atoms with Gasteiger partial charge in [-0.05, 0) is 47.6 Å². The van der Waals surface area contributed by atoms with Crippen LogP contribution < -0.4 is 0 Å². The number of carbonyl (C=O) groups excluding carboxylic acids is 1. The Balaban J connectivity index is 4.39. The fourth-order valence-electron chi connectivity index (χ4n) is 1.55. The maximum Gasteiger partial charge on any atom is 0.410 e. The molecule has 0 bridgehead atoms. The molecule has 3 nitrogen and oxygen atoms in total. The number of carbonyl (C=O) groups is 1. The summed E-state index contributed by atoms with van der Waals surface area (Å²) in [6.07, 6.45) is 3.33. The summed E-state index contributed by atoms with van der Waals surface area (Å²) in [5, 5.41) is 0. The molecule has 88 valence electrons. The average molecular weight is 213 g/mol. The van der Waals surface area contributed by atoms with E-state index in [1.165, 1.54) is 0 Å². The van der Waals surface area contributed by atoms with Gasteiger partial charge in [0, 0.05) is 12.1 Å². The van der Waals surface area contributed by atoms with Crippen molar-refractivity contribution in [1.29, 1.82) is 0 Å². The van der Waals surface area contributed by atoms with E-state index in [2.05, 4.69) is 0 Å². The van der Waals surface area contributed by atoms with Crippen molar-refractivity contribution in [2.24, 2.45) is 0 Å². The van der Waals surface area contributed by atoms with E-state index >= 15 is 0 Å². The monoisotopic (exact) mass is 213 g/mol. The standard InChI is InChI=1S/C12H23NO2/c1-7-8-11(6)15-12(14)13(9(2)3)10(4)5/h7-11H,1-6H3/b8-7+. The minimum Gasteiger partial charge on any atom is -0.442 e. The van der Waals surface area contributed by atoms with Gasteiger partial charge >= 0.3 is 6.09 Å². The largest absolute Gasteiger partial charge is 0.442 e. The van der Waals surface area contributed by atoms with Gasteiger partial charge in [0.25, 0.3) is 0 Å². The van der Waals surface area contributed by atoms with Crippen LogP contribution in [0.1, 0.15) is 41.5 Å². The molecule has 0 aromatic heterocycles. The molecule has 0 aliphatic carbocycles. The third kappa shape index (κ3) is 4.86. The quantitative estimate of drug-likeness (QED) is 0.671. The van der Waals surface area contributed by atoms with Crippen molar-refractivity contribution in [3.8, 4) is 0 Å². The molecular weight excluding hydrogens is 190 g/mol. The van der Waals surface area contributed by atoms with E-state index in [4.69, 9.17) is 4.74 Å². The lowest BCUT2D eigenvalue weighted by Gasteiger charge is -2.30. The molecule has 0 aromatic carbocycles. The molecule has 3 heteroatoms. The summed E-state index contributed by atoms with van der Waals surface area (Å²) in [5.41, 5.74) is 0. The molecule has 0 radical (unpaired) electrons. The van der Waals surface area contributed by atoms with Crippen LogP contribution in [0.3, 0.4) is 0 Å². The van der Waals surface area contributed by atoms with Gasteiger partial charge in [0.2, 0.25) is 0 Å². The van der Waals surface area contributed by atoms with Gasteiger partial charge in [-0.2, -0.15) is 0 Å². The van der Waals surface area contributed by atoms with Crippen LogP contribution >= 0.6 is 0 Å². The molecule has 0 saturated carbocycles. The van der Waals surface area contributed by atoms with E-state index in [0.29, 0.717) is 0 Å². The van der Waals surface area contributed by atoms with E-state index in [1.54, 1.807) is 4.90 Å². The van der Waals surface area contributed by atoms with Gasteiger partial charge < -0.3 is 9.64 Å². The molecule has 0 rings (SSSR count). The van der Waals surface area contributed by atoms with Crippen LogP contribution in [0.2, 0.25) is 0 Å². The van der Waals surface area contributed by atoms with Crippen LogP contribution in [0.25, 0.3) is 0 Å². The van der Waals surface area contributed by atoms with Crippen molar-refractivity contribution in [2.45, 2.75) is 59.7 Å². The third-order valence-corrected chi connectivity index (χ3v) is 2.07. The van der Waals surface area contributed by atoms with E-state index in [1.807, 2.05) is 53.7 Å². The number of hydrogen-bond donors (Lipinski definition) is 0. The highest BCUT2D eigenvalue weighted by Gasteiger charge is 2.22. The van der Waals surface area contributed by atoms with Crippen LogP contribution in [0.4, 0.5) is 4.79 Å². The van der Waals surface area contributed by atoms with Gasteiger partial charge in [-0.1, -0.05) is 6.08 Å². The van der Waals surface area contributed by atoms with Crippen molar-refractivity contribution >= 4 is 6.09 Å². The fourth-order valence-corrected chi connectivity index (χ4v) is 1.55. The highest BCUT2D eigenvalue weighted by Crippen LogP contribution is 2.09. The summed E-state index contributed by atoms with van der Waals surface area (Å²) in [4.78, 5) is 13.5. The van der Waals surface area contributed by atoms with Gasteiger partial charge in [0.05, 0.1) is 0 Å². The number of allylic oxidation sites excluding steroid dienone is 1. The maximum atomic E-state index is 11.8. The Hall–Kier alpha value is -0.990. The number of amides is 1. The summed E-state index contributed by atoms with van der Waals surface area (Å²) in [5.74, 6) is 0. The van der Waals surface area contributed by atoms with Gasteiger partial charge in [0.1, 0.15) is 6.10 Å². The summed E-state index contributed by atoms with van der Waals surface area (Å²) in [7, 11) is 0. The van der Waals surface area contributed by atoms with Crippen LogP contribution in [-0.4, -0.2) is 29.2 Å².